The summed E-state index contributed by atoms with van der Waals surface area (Å²) in [6.45, 7) is 1.90. The number of ketones is 1. The number of aryl methyl sites for hydroxylation is 1. The Balaban J connectivity index is 1.63. The van der Waals surface area contributed by atoms with E-state index in [-0.39, 0.29) is 16.4 Å². The number of carbonyl (C=O) groups is 1. The van der Waals surface area contributed by atoms with Crippen molar-refractivity contribution in [3.8, 4) is 0 Å². The van der Waals surface area contributed by atoms with Crippen LogP contribution in [0.3, 0.4) is 0 Å². The molecule has 144 valence electrons. The van der Waals surface area contributed by atoms with Crippen molar-refractivity contribution in [2.24, 2.45) is 0 Å². The largest absolute Gasteiger partial charge is 0.293 e. The number of Topliss-reactive ketones (excluding diaryl/α,β-unsaturated/α-hetero) is 1. The number of benzene rings is 3. The normalized spacial score (nSPS) is 11.2. The van der Waals surface area contributed by atoms with Crippen LogP contribution < -0.4 is 4.72 Å². The summed E-state index contributed by atoms with van der Waals surface area (Å²) in [5, 5.41) is 0.439. The fraction of sp³-hybridized carbons (Fsp3) is 0.0952. The second-order valence-corrected chi connectivity index (χ2v) is 9.27. The molecule has 3 aromatic carbocycles. The van der Waals surface area contributed by atoms with Crippen LogP contribution in [0.1, 0.15) is 15.9 Å². The first-order valence-corrected chi connectivity index (χ1v) is 11.3. The van der Waals surface area contributed by atoms with Crippen molar-refractivity contribution >= 4 is 44.9 Å². The lowest BCUT2D eigenvalue weighted by Gasteiger charge is -2.09. The standard InChI is InChI=1S/C21H18ClNO3S2/c1-15-6-12-18(13-7-15)28(25,26)23-16-8-10-17(11-9-16)27-14-21(24)19-4-2-3-5-20(19)22/h2-13,23H,14H2,1H3. The molecule has 4 nitrogen and oxygen atoms in total. The molecule has 0 aliphatic carbocycles. The smallest absolute Gasteiger partial charge is 0.261 e. The van der Waals surface area contributed by atoms with Crippen molar-refractivity contribution in [1.82, 2.24) is 0 Å². The summed E-state index contributed by atoms with van der Waals surface area (Å²) in [6.07, 6.45) is 0. The topological polar surface area (TPSA) is 63.2 Å². The fourth-order valence-electron chi connectivity index (χ4n) is 2.46. The van der Waals surface area contributed by atoms with Crippen LogP contribution in [0.15, 0.2) is 82.6 Å². The van der Waals surface area contributed by atoms with Gasteiger partial charge in [0.25, 0.3) is 10.0 Å². The van der Waals surface area contributed by atoms with Crippen molar-refractivity contribution in [1.29, 1.82) is 0 Å². The average Bonchev–Trinajstić information content (AvgIpc) is 2.67. The molecule has 0 aromatic heterocycles. The molecule has 0 fully saturated rings. The Hall–Kier alpha value is -2.28. The summed E-state index contributed by atoms with van der Waals surface area (Å²) >= 11 is 7.42. The molecule has 0 atom stereocenters. The quantitative estimate of drug-likeness (QED) is 0.400. The van der Waals surface area contributed by atoms with Gasteiger partial charge in [-0.3, -0.25) is 9.52 Å². The molecule has 0 unspecified atom stereocenters. The molecule has 7 heteroatoms. The van der Waals surface area contributed by atoms with E-state index >= 15 is 0 Å². The van der Waals surface area contributed by atoms with Crippen LogP contribution in [0.5, 0.6) is 0 Å². The highest BCUT2D eigenvalue weighted by atomic mass is 35.5. The summed E-state index contributed by atoms with van der Waals surface area (Å²) < 4.78 is 27.4. The second kappa shape index (κ2) is 8.82. The number of rotatable bonds is 7. The average molecular weight is 432 g/mol. The van der Waals surface area contributed by atoms with Gasteiger partial charge in [0.2, 0.25) is 0 Å². The summed E-state index contributed by atoms with van der Waals surface area (Å²) in [6, 6.07) is 20.5. The maximum atomic E-state index is 12.4. The monoisotopic (exact) mass is 431 g/mol. The van der Waals surface area contributed by atoms with Crippen LogP contribution in [0, 0.1) is 6.92 Å². The fourth-order valence-corrected chi connectivity index (χ4v) is 4.55. The molecule has 0 aliphatic heterocycles. The van der Waals surface area contributed by atoms with Gasteiger partial charge in [0, 0.05) is 16.1 Å². The molecule has 0 radical (unpaired) electrons. The van der Waals surface area contributed by atoms with E-state index in [2.05, 4.69) is 4.72 Å². The predicted molar refractivity (Wildman–Crippen MR) is 115 cm³/mol. The zero-order valence-electron chi connectivity index (χ0n) is 15.1. The molecule has 3 rings (SSSR count). The lowest BCUT2D eigenvalue weighted by Crippen LogP contribution is -2.12. The van der Waals surface area contributed by atoms with Gasteiger partial charge < -0.3 is 0 Å². The number of nitrogens with one attached hydrogen (secondary N) is 1. The molecule has 1 N–H and O–H groups in total. The molecule has 0 saturated heterocycles. The van der Waals surface area contributed by atoms with Gasteiger partial charge in [-0.2, -0.15) is 0 Å². The van der Waals surface area contributed by atoms with Crippen molar-refractivity contribution in [2.45, 2.75) is 16.7 Å². The third kappa shape index (κ3) is 5.16. The van der Waals surface area contributed by atoms with E-state index < -0.39 is 10.0 Å². The summed E-state index contributed by atoms with van der Waals surface area (Å²) in [5.41, 5.74) is 1.95. The van der Waals surface area contributed by atoms with Crippen LogP contribution in [0.25, 0.3) is 0 Å². The van der Waals surface area contributed by atoms with Crippen LogP contribution >= 0.6 is 23.4 Å². The van der Waals surface area contributed by atoms with Crippen LogP contribution in [-0.2, 0) is 10.0 Å². The highest BCUT2D eigenvalue weighted by Gasteiger charge is 2.14. The maximum Gasteiger partial charge on any atom is 0.261 e. The predicted octanol–water partition coefficient (Wildman–Crippen LogP) is 5.42. The van der Waals surface area contributed by atoms with E-state index in [0.717, 1.165) is 10.5 Å². The Morgan fingerprint density at radius 3 is 2.25 bits per heavy atom. The van der Waals surface area contributed by atoms with Crippen LogP contribution in [-0.4, -0.2) is 20.0 Å². The Morgan fingerprint density at radius 1 is 0.964 bits per heavy atom. The molecular formula is C21H18ClNO3S2. The Labute approximate surface area is 174 Å². The van der Waals surface area contributed by atoms with E-state index in [9.17, 15) is 13.2 Å². The number of hydrogen-bond donors (Lipinski definition) is 1. The first kappa shape index (κ1) is 20.5. The first-order chi connectivity index (χ1) is 13.3. The number of hydrogen-bond acceptors (Lipinski definition) is 4. The SMILES string of the molecule is Cc1ccc(S(=O)(=O)Nc2ccc(SCC(=O)c3ccccc3Cl)cc2)cc1. The van der Waals surface area contributed by atoms with E-state index in [0.29, 0.717) is 16.3 Å². The van der Waals surface area contributed by atoms with Crippen LogP contribution in [0.4, 0.5) is 5.69 Å². The molecule has 0 aliphatic rings. The molecule has 28 heavy (non-hydrogen) atoms. The van der Waals surface area contributed by atoms with Gasteiger partial charge in [-0.25, -0.2) is 8.42 Å². The molecule has 0 bridgehead atoms. The minimum atomic E-state index is -3.64. The Bertz CT molecular complexity index is 1080. The van der Waals surface area contributed by atoms with Gasteiger partial charge in [-0.15, -0.1) is 11.8 Å². The number of thioether (sulfide) groups is 1. The van der Waals surface area contributed by atoms with Crippen molar-refractivity contribution < 1.29 is 13.2 Å². The third-order valence-electron chi connectivity index (χ3n) is 3.98. The highest BCUT2D eigenvalue weighted by molar-refractivity contribution is 8.00. The first-order valence-electron chi connectivity index (χ1n) is 8.45. The Morgan fingerprint density at radius 2 is 1.61 bits per heavy atom. The summed E-state index contributed by atoms with van der Waals surface area (Å²) in [4.78, 5) is 13.3. The van der Waals surface area contributed by atoms with E-state index in [4.69, 9.17) is 11.6 Å². The maximum absolute atomic E-state index is 12.4. The van der Waals surface area contributed by atoms with Gasteiger partial charge in [0.1, 0.15) is 0 Å². The lowest BCUT2D eigenvalue weighted by molar-refractivity contribution is 0.102. The zero-order valence-corrected chi connectivity index (χ0v) is 17.4. The number of anilines is 1. The number of halogens is 1. The van der Waals surface area contributed by atoms with E-state index in [1.54, 1.807) is 72.8 Å². The summed E-state index contributed by atoms with van der Waals surface area (Å²) in [7, 11) is -3.64. The van der Waals surface area contributed by atoms with E-state index in [1.165, 1.54) is 11.8 Å². The Kier molecular flexibility index (Phi) is 6.44. The number of carbonyl (C=O) groups excluding carboxylic acids is 1. The van der Waals surface area contributed by atoms with Crippen LogP contribution in [0.2, 0.25) is 5.02 Å². The molecule has 0 spiro atoms. The highest BCUT2D eigenvalue weighted by Crippen LogP contribution is 2.24. The van der Waals surface area contributed by atoms with E-state index in [1.807, 2.05) is 6.92 Å². The number of sulfonamides is 1. The minimum Gasteiger partial charge on any atom is -0.293 e. The second-order valence-electron chi connectivity index (χ2n) is 6.13. The van der Waals surface area contributed by atoms with Gasteiger partial charge in [-0.1, -0.05) is 41.4 Å². The molecule has 3 aromatic rings. The van der Waals surface area contributed by atoms with Crippen molar-refractivity contribution in [3.05, 3.63) is 88.9 Å². The molecule has 0 amide bonds. The van der Waals surface area contributed by atoms with Gasteiger partial charge >= 0.3 is 0 Å². The zero-order chi connectivity index (χ0) is 20.1. The van der Waals surface area contributed by atoms with Gasteiger partial charge in [0.05, 0.1) is 15.7 Å². The minimum absolute atomic E-state index is 0.0558. The molecule has 0 heterocycles. The molecule has 0 saturated carbocycles. The summed E-state index contributed by atoms with van der Waals surface area (Å²) in [5.74, 6) is 0.192. The molecular weight excluding hydrogens is 414 g/mol. The van der Waals surface area contributed by atoms with Gasteiger partial charge in [0.15, 0.2) is 5.78 Å². The van der Waals surface area contributed by atoms with Crippen molar-refractivity contribution in [3.63, 3.8) is 0 Å². The van der Waals surface area contributed by atoms with Gasteiger partial charge in [-0.05, 0) is 55.5 Å². The van der Waals surface area contributed by atoms with Crippen molar-refractivity contribution in [2.75, 3.05) is 10.5 Å². The third-order valence-corrected chi connectivity index (χ3v) is 6.72. The lowest BCUT2D eigenvalue weighted by atomic mass is 10.1.